The first-order valence-electron chi connectivity index (χ1n) is 10.5. The molecule has 1 amide bonds. The van der Waals surface area contributed by atoms with Gasteiger partial charge in [-0.15, -0.1) is 11.3 Å². The fourth-order valence-corrected chi connectivity index (χ4v) is 5.31. The van der Waals surface area contributed by atoms with Gasteiger partial charge >= 0.3 is 0 Å². The molecule has 1 saturated heterocycles. The molecule has 0 bridgehead atoms. The Kier molecular flexibility index (Phi) is 5.35. The number of benzene rings is 3. The number of nitrogens with zero attached hydrogens (tertiary/aromatic N) is 2. The highest BCUT2D eigenvalue weighted by Crippen LogP contribution is 2.34. The molecule has 4 nitrogen and oxygen atoms in total. The molecule has 0 radical (unpaired) electrons. The molecule has 1 aliphatic heterocycles. The number of rotatable bonds is 4. The molecule has 1 aliphatic rings. The van der Waals surface area contributed by atoms with Crippen LogP contribution in [0.25, 0.3) is 10.2 Å². The summed E-state index contributed by atoms with van der Waals surface area (Å²) in [5, 5.41) is 1.16. The molecular weight excluding hydrogens is 404 g/mol. The predicted octanol–water partition coefficient (Wildman–Crippen LogP) is 5.55. The summed E-state index contributed by atoms with van der Waals surface area (Å²) in [6.45, 7) is 1.35. The lowest BCUT2D eigenvalue weighted by atomic mass is 9.94. The van der Waals surface area contributed by atoms with Crippen LogP contribution in [0.4, 0.5) is 0 Å². The average Bonchev–Trinajstić information content (AvgIpc) is 3.28. The van der Waals surface area contributed by atoms with Crippen molar-refractivity contribution in [2.24, 2.45) is 0 Å². The van der Waals surface area contributed by atoms with Crippen LogP contribution in [0, 0.1) is 0 Å². The van der Waals surface area contributed by atoms with Crippen molar-refractivity contribution < 1.29 is 9.59 Å². The van der Waals surface area contributed by atoms with Crippen LogP contribution >= 0.6 is 11.3 Å². The lowest BCUT2D eigenvalue weighted by molar-refractivity contribution is 0.0709. The molecule has 0 N–H and O–H groups in total. The Hall–Kier alpha value is -3.31. The van der Waals surface area contributed by atoms with Gasteiger partial charge in [0.25, 0.3) is 5.91 Å². The normalized spacial score (nSPS) is 14.6. The maximum Gasteiger partial charge on any atom is 0.254 e. The number of carbonyl (C=O) groups is 2. The number of likely N-dealkylation sites (tertiary alicyclic amines) is 1. The van der Waals surface area contributed by atoms with Gasteiger partial charge in [0.2, 0.25) is 0 Å². The summed E-state index contributed by atoms with van der Waals surface area (Å²) in [5.74, 6) is 0.194. The Morgan fingerprint density at radius 3 is 2.19 bits per heavy atom. The van der Waals surface area contributed by atoms with Crippen molar-refractivity contribution in [3.8, 4) is 0 Å². The zero-order chi connectivity index (χ0) is 21.2. The topological polar surface area (TPSA) is 50.3 Å². The molecule has 4 aromatic rings. The quantitative estimate of drug-likeness (QED) is 0.402. The largest absolute Gasteiger partial charge is 0.339 e. The van der Waals surface area contributed by atoms with Crippen LogP contribution in [-0.2, 0) is 0 Å². The lowest BCUT2D eigenvalue weighted by Crippen LogP contribution is -2.38. The molecule has 154 valence electrons. The second kappa shape index (κ2) is 8.44. The van der Waals surface area contributed by atoms with Gasteiger partial charge in [-0.3, -0.25) is 9.59 Å². The summed E-state index contributed by atoms with van der Waals surface area (Å²) in [4.78, 5) is 33.0. The van der Waals surface area contributed by atoms with Crippen molar-refractivity contribution in [1.82, 2.24) is 9.88 Å². The third-order valence-corrected chi connectivity index (χ3v) is 7.08. The van der Waals surface area contributed by atoms with Gasteiger partial charge < -0.3 is 4.90 Å². The van der Waals surface area contributed by atoms with Crippen LogP contribution in [0.2, 0.25) is 0 Å². The number of hydrogen-bond donors (Lipinski definition) is 0. The first kappa shape index (κ1) is 19.6. The minimum absolute atomic E-state index is 0.0670. The van der Waals surface area contributed by atoms with E-state index in [0.717, 1.165) is 23.4 Å². The zero-order valence-corrected chi connectivity index (χ0v) is 17.8. The SMILES string of the molecule is O=C(c1ccccc1)c1ccccc1C(=O)N1CCC(c2nc3ccccc3s2)CC1. The Morgan fingerprint density at radius 1 is 0.806 bits per heavy atom. The molecule has 3 aromatic carbocycles. The van der Waals surface area contributed by atoms with Crippen molar-refractivity contribution in [2.45, 2.75) is 18.8 Å². The molecule has 31 heavy (non-hydrogen) atoms. The molecule has 2 heterocycles. The molecule has 0 unspecified atom stereocenters. The minimum Gasteiger partial charge on any atom is -0.339 e. The summed E-state index contributed by atoms with van der Waals surface area (Å²) in [5.41, 5.74) is 2.59. The number of carbonyl (C=O) groups excluding carboxylic acids is 2. The van der Waals surface area contributed by atoms with Crippen LogP contribution in [0.3, 0.4) is 0 Å². The summed E-state index contributed by atoms with van der Waals surface area (Å²) >= 11 is 1.75. The van der Waals surface area contributed by atoms with Crippen molar-refractivity contribution in [3.05, 3.63) is 101 Å². The van der Waals surface area contributed by atoms with E-state index in [1.807, 2.05) is 47.4 Å². The molecule has 0 spiro atoms. The van der Waals surface area contributed by atoms with Gasteiger partial charge in [-0.2, -0.15) is 0 Å². The smallest absolute Gasteiger partial charge is 0.254 e. The van der Waals surface area contributed by atoms with Crippen molar-refractivity contribution in [1.29, 1.82) is 0 Å². The Bertz CT molecular complexity index is 1210. The third kappa shape index (κ3) is 3.89. The second-order valence-electron chi connectivity index (χ2n) is 7.83. The van der Waals surface area contributed by atoms with E-state index >= 15 is 0 Å². The summed E-state index contributed by atoms with van der Waals surface area (Å²) in [7, 11) is 0. The van der Waals surface area contributed by atoms with Gasteiger partial charge in [0.05, 0.1) is 20.8 Å². The Labute approximate surface area is 185 Å². The molecule has 0 atom stereocenters. The van der Waals surface area contributed by atoms with E-state index in [4.69, 9.17) is 4.98 Å². The minimum atomic E-state index is -0.117. The van der Waals surface area contributed by atoms with E-state index < -0.39 is 0 Å². The summed E-state index contributed by atoms with van der Waals surface area (Å²) in [6, 6.07) is 24.5. The highest BCUT2D eigenvalue weighted by molar-refractivity contribution is 7.18. The maximum absolute atomic E-state index is 13.3. The molecular formula is C26H22N2O2S. The van der Waals surface area contributed by atoms with Crippen LogP contribution in [0.15, 0.2) is 78.9 Å². The van der Waals surface area contributed by atoms with E-state index in [0.29, 0.717) is 35.7 Å². The Balaban J connectivity index is 1.32. The third-order valence-electron chi connectivity index (χ3n) is 5.88. The number of fused-ring (bicyclic) bond motifs is 1. The van der Waals surface area contributed by atoms with Gasteiger partial charge in [0.15, 0.2) is 5.78 Å². The highest BCUT2D eigenvalue weighted by Gasteiger charge is 2.28. The van der Waals surface area contributed by atoms with E-state index in [9.17, 15) is 9.59 Å². The molecule has 0 aliphatic carbocycles. The number of piperidine rings is 1. The first-order valence-corrected chi connectivity index (χ1v) is 11.4. The fraction of sp³-hybridized carbons (Fsp3) is 0.192. The van der Waals surface area contributed by atoms with Crippen LogP contribution in [0.1, 0.15) is 50.0 Å². The molecule has 5 heteroatoms. The predicted molar refractivity (Wildman–Crippen MR) is 124 cm³/mol. The average molecular weight is 427 g/mol. The number of amides is 1. The van der Waals surface area contributed by atoms with Gasteiger partial charge in [0.1, 0.15) is 0 Å². The zero-order valence-electron chi connectivity index (χ0n) is 17.0. The molecule has 5 rings (SSSR count). The number of para-hydroxylation sites is 1. The van der Waals surface area contributed by atoms with Crippen LogP contribution in [-0.4, -0.2) is 34.7 Å². The first-order chi connectivity index (χ1) is 15.2. The van der Waals surface area contributed by atoms with Crippen molar-refractivity contribution >= 4 is 33.2 Å². The number of hydrogen-bond acceptors (Lipinski definition) is 4. The van der Waals surface area contributed by atoms with Gasteiger partial charge in [-0.1, -0.05) is 60.7 Å². The van der Waals surface area contributed by atoms with Gasteiger partial charge in [-0.25, -0.2) is 4.98 Å². The van der Waals surface area contributed by atoms with Gasteiger partial charge in [0, 0.05) is 30.1 Å². The van der Waals surface area contributed by atoms with Gasteiger partial charge in [-0.05, 0) is 31.0 Å². The highest BCUT2D eigenvalue weighted by atomic mass is 32.1. The number of thiazole rings is 1. The summed E-state index contributed by atoms with van der Waals surface area (Å²) in [6.07, 6.45) is 1.78. The van der Waals surface area contributed by atoms with E-state index in [-0.39, 0.29) is 11.7 Å². The monoisotopic (exact) mass is 426 g/mol. The van der Waals surface area contributed by atoms with Crippen molar-refractivity contribution in [3.63, 3.8) is 0 Å². The molecule has 1 fully saturated rings. The van der Waals surface area contributed by atoms with Crippen LogP contribution < -0.4 is 0 Å². The van der Waals surface area contributed by atoms with E-state index in [2.05, 4.69) is 12.1 Å². The molecule has 1 aromatic heterocycles. The van der Waals surface area contributed by atoms with Crippen LogP contribution in [0.5, 0.6) is 0 Å². The number of aromatic nitrogens is 1. The standard InChI is InChI=1S/C26H22N2O2S/c29-24(18-8-2-1-3-9-18)20-10-4-5-11-21(20)26(30)28-16-14-19(15-17-28)25-27-22-12-6-7-13-23(22)31-25/h1-13,19H,14-17H2. The second-order valence-corrected chi connectivity index (χ2v) is 8.89. The lowest BCUT2D eigenvalue weighted by Gasteiger charge is -2.31. The Morgan fingerprint density at radius 2 is 1.45 bits per heavy atom. The number of ketones is 1. The van der Waals surface area contributed by atoms with Crippen molar-refractivity contribution in [2.75, 3.05) is 13.1 Å². The summed E-state index contributed by atoms with van der Waals surface area (Å²) < 4.78 is 1.21. The van der Waals surface area contributed by atoms with E-state index in [1.165, 1.54) is 4.70 Å². The maximum atomic E-state index is 13.3. The van der Waals surface area contributed by atoms with E-state index in [1.54, 1.807) is 35.6 Å². The fourth-order valence-electron chi connectivity index (χ4n) is 4.18. The molecule has 0 saturated carbocycles.